The van der Waals surface area contributed by atoms with Crippen LogP contribution >= 0.6 is 39.1 Å². The van der Waals surface area contributed by atoms with Crippen LogP contribution in [0.1, 0.15) is 47.7 Å². The maximum absolute atomic E-state index is 14.9. The summed E-state index contributed by atoms with van der Waals surface area (Å²) in [5.41, 5.74) is 1.47. The van der Waals surface area contributed by atoms with Gasteiger partial charge in [-0.15, -0.1) is 0 Å². The number of halogens is 4. The van der Waals surface area contributed by atoms with E-state index < -0.39 is 17.8 Å². The highest BCUT2D eigenvalue weighted by Crippen LogP contribution is 2.36. The molecule has 1 N–H and O–H groups in total. The maximum Gasteiger partial charge on any atom is 0.358 e. The average molecular weight is 559 g/mol. The Morgan fingerprint density at radius 2 is 1.94 bits per heavy atom. The molecule has 0 amide bonds. The number of carbonyl (C=O) groups excluding carboxylic acids is 1. The number of nitrogens with one attached hydrogen (secondary N) is 1. The highest BCUT2D eigenvalue weighted by atomic mass is 79.9. The molecule has 3 aromatic rings. The summed E-state index contributed by atoms with van der Waals surface area (Å²) in [7, 11) is 1.59. The van der Waals surface area contributed by atoms with E-state index in [1.165, 1.54) is 6.07 Å². The first-order chi connectivity index (χ1) is 15.8. The van der Waals surface area contributed by atoms with E-state index in [9.17, 15) is 9.18 Å². The van der Waals surface area contributed by atoms with E-state index in [-0.39, 0.29) is 29.1 Å². The summed E-state index contributed by atoms with van der Waals surface area (Å²) >= 11 is 15.6. The number of esters is 1. The SMILES string of the molecule is CCOC(=O)c1nc(Br)n(C(C)COC)c1C(Nc1cccc(Cl)c1F)c1ccc(Cl)cc1. The molecule has 33 heavy (non-hydrogen) atoms. The van der Waals surface area contributed by atoms with Gasteiger partial charge in [-0.25, -0.2) is 14.2 Å². The summed E-state index contributed by atoms with van der Waals surface area (Å²) in [5.74, 6) is -1.20. The first-order valence-electron chi connectivity index (χ1n) is 10.2. The van der Waals surface area contributed by atoms with Crippen molar-refractivity contribution in [2.24, 2.45) is 0 Å². The van der Waals surface area contributed by atoms with Gasteiger partial charge in [-0.2, -0.15) is 0 Å². The molecule has 0 saturated heterocycles. The summed E-state index contributed by atoms with van der Waals surface area (Å²) in [5, 5.41) is 3.71. The van der Waals surface area contributed by atoms with Gasteiger partial charge in [-0.3, -0.25) is 0 Å². The number of nitrogens with zero attached hydrogens (tertiary/aromatic N) is 2. The summed E-state index contributed by atoms with van der Waals surface area (Å²) in [6.45, 7) is 4.17. The van der Waals surface area contributed by atoms with Crippen LogP contribution in [0.3, 0.4) is 0 Å². The minimum atomic E-state index is -0.701. The van der Waals surface area contributed by atoms with Crippen molar-refractivity contribution < 1.29 is 18.7 Å². The predicted molar refractivity (Wildman–Crippen MR) is 131 cm³/mol. The van der Waals surface area contributed by atoms with Crippen LogP contribution in [-0.2, 0) is 9.47 Å². The quantitative estimate of drug-likeness (QED) is 0.297. The van der Waals surface area contributed by atoms with Crippen LogP contribution in [0.25, 0.3) is 0 Å². The van der Waals surface area contributed by atoms with Gasteiger partial charge < -0.3 is 19.4 Å². The van der Waals surface area contributed by atoms with Crippen molar-refractivity contribution in [2.45, 2.75) is 25.9 Å². The second-order valence-electron chi connectivity index (χ2n) is 7.24. The molecule has 0 aliphatic carbocycles. The molecule has 0 bridgehead atoms. The molecule has 0 spiro atoms. The van der Waals surface area contributed by atoms with Gasteiger partial charge in [-0.05, 0) is 59.6 Å². The number of anilines is 1. The summed E-state index contributed by atoms with van der Waals surface area (Å²) in [4.78, 5) is 17.3. The molecule has 1 heterocycles. The Morgan fingerprint density at radius 3 is 2.58 bits per heavy atom. The van der Waals surface area contributed by atoms with Gasteiger partial charge in [-0.1, -0.05) is 41.4 Å². The van der Waals surface area contributed by atoms with Crippen molar-refractivity contribution in [3.8, 4) is 0 Å². The number of ether oxygens (including phenoxy) is 2. The van der Waals surface area contributed by atoms with E-state index in [1.807, 2.05) is 11.5 Å². The lowest BCUT2D eigenvalue weighted by molar-refractivity contribution is 0.0518. The van der Waals surface area contributed by atoms with Gasteiger partial charge in [0, 0.05) is 12.1 Å². The lowest BCUT2D eigenvalue weighted by Crippen LogP contribution is -2.24. The molecule has 0 saturated carbocycles. The summed E-state index contributed by atoms with van der Waals surface area (Å²) in [6.07, 6.45) is 0. The number of hydrogen-bond acceptors (Lipinski definition) is 5. The van der Waals surface area contributed by atoms with Gasteiger partial charge in [0.15, 0.2) is 16.2 Å². The first kappa shape index (κ1) is 25.5. The van der Waals surface area contributed by atoms with E-state index in [2.05, 4.69) is 26.2 Å². The molecule has 0 aliphatic rings. The zero-order chi connectivity index (χ0) is 24.1. The van der Waals surface area contributed by atoms with Crippen molar-refractivity contribution in [1.29, 1.82) is 0 Å². The van der Waals surface area contributed by atoms with Crippen molar-refractivity contribution in [3.05, 3.63) is 80.0 Å². The van der Waals surface area contributed by atoms with E-state index in [0.717, 1.165) is 5.56 Å². The first-order valence-corrected chi connectivity index (χ1v) is 11.7. The van der Waals surface area contributed by atoms with E-state index in [1.54, 1.807) is 50.4 Å². The molecular weight excluding hydrogens is 536 g/mol. The summed E-state index contributed by atoms with van der Waals surface area (Å²) < 4.78 is 27.7. The lowest BCUT2D eigenvalue weighted by Gasteiger charge is -2.26. The third kappa shape index (κ3) is 5.69. The minimum absolute atomic E-state index is 0.0251. The molecular formula is C23H23BrCl2FN3O3. The maximum atomic E-state index is 14.9. The molecule has 1 aromatic heterocycles. The topological polar surface area (TPSA) is 65.4 Å². The second-order valence-corrected chi connectivity index (χ2v) is 8.79. The molecule has 2 aromatic carbocycles. The zero-order valence-electron chi connectivity index (χ0n) is 18.2. The van der Waals surface area contributed by atoms with E-state index in [0.29, 0.717) is 22.1 Å². The largest absolute Gasteiger partial charge is 0.461 e. The average Bonchev–Trinajstić information content (AvgIpc) is 3.13. The second kappa shape index (κ2) is 11.3. The molecule has 176 valence electrons. The number of imidazole rings is 1. The van der Waals surface area contributed by atoms with Crippen molar-refractivity contribution in [2.75, 3.05) is 25.6 Å². The van der Waals surface area contributed by atoms with Crippen LogP contribution in [0.4, 0.5) is 10.1 Å². The van der Waals surface area contributed by atoms with Gasteiger partial charge >= 0.3 is 5.97 Å². The monoisotopic (exact) mass is 557 g/mol. The highest BCUT2D eigenvalue weighted by Gasteiger charge is 2.32. The van der Waals surface area contributed by atoms with Gasteiger partial charge in [0.2, 0.25) is 0 Å². The predicted octanol–water partition coefficient (Wildman–Crippen LogP) is 6.68. The number of methoxy groups -OCH3 is 1. The number of aromatic nitrogens is 2. The number of carbonyl (C=O) groups is 1. The Hall–Kier alpha value is -2.13. The van der Waals surface area contributed by atoms with E-state index in [4.69, 9.17) is 32.7 Å². The Bertz CT molecular complexity index is 1120. The molecule has 2 unspecified atom stereocenters. The van der Waals surface area contributed by atoms with Crippen LogP contribution in [0.5, 0.6) is 0 Å². The number of benzene rings is 2. The molecule has 10 heteroatoms. The number of hydrogen-bond donors (Lipinski definition) is 1. The third-order valence-corrected chi connectivity index (χ3v) is 6.05. The highest BCUT2D eigenvalue weighted by molar-refractivity contribution is 9.10. The van der Waals surface area contributed by atoms with Crippen LogP contribution in [0.15, 0.2) is 47.2 Å². The fourth-order valence-corrected chi connectivity index (χ4v) is 4.53. The zero-order valence-corrected chi connectivity index (χ0v) is 21.3. The summed E-state index contributed by atoms with van der Waals surface area (Å²) in [6, 6.07) is 10.8. The van der Waals surface area contributed by atoms with Gasteiger partial charge in [0.25, 0.3) is 0 Å². The van der Waals surface area contributed by atoms with Crippen LogP contribution in [0.2, 0.25) is 10.0 Å². The van der Waals surface area contributed by atoms with Gasteiger partial charge in [0.05, 0.1) is 41.7 Å². The molecule has 0 radical (unpaired) electrons. The Labute approximate surface area is 210 Å². The molecule has 2 atom stereocenters. The third-order valence-electron chi connectivity index (χ3n) is 4.95. The van der Waals surface area contributed by atoms with Crippen LogP contribution in [0, 0.1) is 5.82 Å². The lowest BCUT2D eigenvalue weighted by atomic mass is 10.0. The van der Waals surface area contributed by atoms with Gasteiger partial charge in [0.1, 0.15) is 0 Å². The fraction of sp³-hybridized carbons (Fsp3) is 0.304. The molecule has 0 aliphatic heterocycles. The molecule has 3 rings (SSSR count). The smallest absolute Gasteiger partial charge is 0.358 e. The van der Waals surface area contributed by atoms with E-state index >= 15 is 0 Å². The van der Waals surface area contributed by atoms with Crippen molar-refractivity contribution in [3.63, 3.8) is 0 Å². The Balaban J connectivity index is 2.26. The fourth-order valence-electron chi connectivity index (χ4n) is 3.51. The van der Waals surface area contributed by atoms with Crippen LogP contribution in [-0.4, -0.2) is 35.8 Å². The Morgan fingerprint density at radius 1 is 1.24 bits per heavy atom. The van der Waals surface area contributed by atoms with Crippen molar-refractivity contribution >= 4 is 50.8 Å². The standard InChI is InChI=1S/C23H23BrCl2FN3O3/c1-4-33-22(31)20-21(30(23(24)29-20)13(2)12-32-3)19(14-8-10-15(25)11-9-14)28-17-7-5-6-16(26)18(17)27/h5-11,13,19,28H,4,12H2,1-3H3. The molecule has 0 fully saturated rings. The molecule has 6 nitrogen and oxygen atoms in total. The van der Waals surface area contributed by atoms with Crippen molar-refractivity contribution in [1.82, 2.24) is 9.55 Å². The Kier molecular flexibility index (Phi) is 8.75. The van der Waals surface area contributed by atoms with Crippen LogP contribution < -0.4 is 5.32 Å². The normalized spacial score (nSPS) is 12.9. The minimum Gasteiger partial charge on any atom is -0.461 e. The number of rotatable bonds is 9.